The van der Waals surface area contributed by atoms with Crippen LogP contribution in [0.15, 0.2) is 30.9 Å². The zero-order chi connectivity index (χ0) is 18.7. The van der Waals surface area contributed by atoms with Gasteiger partial charge in [0.2, 0.25) is 0 Å². The van der Waals surface area contributed by atoms with Crippen LogP contribution < -0.4 is 5.73 Å². The molecular formula is C15H18BrN5O4S. The Morgan fingerprint density at radius 3 is 2.85 bits per heavy atom. The van der Waals surface area contributed by atoms with Gasteiger partial charge in [-0.2, -0.15) is 0 Å². The first-order chi connectivity index (χ1) is 12.3. The number of aliphatic hydroxyl groups excluding tert-OH is 3. The van der Waals surface area contributed by atoms with Gasteiger partial charge in [0.25, 0.3) is 0 Å². The molecule has 4 heterocycles. The van der Waals surface area contributed by atoms with Crippen molar-refractivity contribution in [3.63, 3.8) is 0 Å². The lowest BCUT2D eigenvalue weighted by atomic mass is 9.98. The molecule has 1 aromatic rings. The second-order valence-electron chi connectivity index (χ2n) is 6.47. The van der Waals surface area contributed by atoms with E-state index in [-0.39, 0.29) is 6.67 Å². The van der Waals surface area contributed by atoms with Crippen LogP contribution in [-0.2, 0) is 10.4 Å². The van der Waals surface area contributed by atoms with Crippen LogP contribution >= 0.6 is 27.3 Å². The molecule has 1 unspecified atom stereocenters. The van der Waals surface area contributed by atoms with Crippen LogP contribution in [0.1, 0.15) is 11.8 Å². The molecule has 0 bridgehead atoms. The summed E-state index contributed by atoms with van der Waals surface area (Å²) < 4.78 is 6.68. The number of fused-ring (bicyclic) bond motifs is 1. The van der Waals surface area contributed by atoms with E-state index in [9.17, 15) is 15.3 Å². The quantitative estimate of drug-likeness (QED) is 0.501. The predicted octanol–water partition coefficient (Wildman–Crippen LogP) is -0.394. The van der Waals surface area contributed by atoms with Gasteiger partial charge in [0.15, 0.2) is 17.2 Å². The normalized spacial score (nSPS) is 39.2. The summed E-state index contributed by atoms with van der Waals surface area (Å²) in [5, 5.41) is 30.0. The van der Waals surface area contributed by atoms with E-state index in [2.05, 4.69) is 30.9 Å². The Hall–Kier alpha value is -1.21. The van der Waals surface area contributed by atoms with Crippen molar-refractivity contribution < 1.29 is 20.1 Å². The number of ether oxygens (including phenoxy) is 1. The van der Waals surface area contributed by atoms with Gasteiger partial charge < -0.3 is 25.0 Å². The van der Waals surface area contributed by atoms with Gasteiger partial charge in [-0.25, -0.2) is 9.98 Å². The lowest BCUT2D eigenvalue weighted by molar-refractivity contribution is -0.147. The number of aliphatic hydroxyl groups is 3. The first-order valence-electron chi connectivity index (χ1n) is 7.95. The molecule has 0 radical (unpaired) electrons. The summed E-state index contributed by atoms with van der Waals surface area (Å²) in [6.45, 7) is 1.36. The number of rotatable bonds is 3. The molecule has 1 aromatic heterocycles. The van der Waals surface area contributed by atoms with Crippen LogP contribution in [0.2, 0.25) is 0 Å². The van der Waals surface area contributed by atoms with Crippen LogP contribution in [0, 0.1) is 0 Å². The zero-order valence-corrected chi connectivity index (χ0v) is 16.2. The Labute approximate surface area is 161 Å². The summed E-state index contributed by atoms with van der Waals surface area (Å²) in [6, 6.07) is 3.75. The summed E-state index contributed by atoms with van der Waals surface area (Å²) >= 11 is 4.87. The molecule has 1 fully saturated rings. The molecule has 5 atom stereocenters. The second kappa shape index (κ2) is 6.16. The molecule has 0 saturated carbocycles. The van der Waals surface area contributed by atoms with Gasteiger partial charge in [0.1, 0.15) is 37.0 Å². The van der Waals surface area contributed by atoms with Gasteiger partial charge in [0, 0.05) is 0 Å². The third-order valence-corrected chi connectivity index (χ3v) is 6.70. The highest BCUT2D eigenvalue weighted by atomic mass is 79.9. The number of amidine groups is 1. The van der Waals surface area contributed by atoms with Crippen molar-refractivity contribution in [2.45, 2.75) is 36.6 Å². The molecule has 0 aromatic carbocycles. The third-order valence-electron chi connectivity index (χ3n) is 4.95. The molecule has 3 aliphatic heterocycles. The summed E-state index contributed by atoms with van der Waals surface area (Å²) in [4.78, 5) is 15.6. The lowest BCUT2D eigenvalue weighted by Crippen LogP contribution is -2.59. The van der Waals surface area contributed by atoms with Crippen molar-refractivity contribution in [3.8, 4) is 0 Å². The standard InChI is InChI=1S/C15H18BrN5O4S/c1-14(12(24)10(23)7(4-22)25-14)21-6-19-11-13(21)18-5-20-15(11,17)8-2-3-9(16)26-8/h2-3,5,7,10,12,22-24H,4,6,17H2,1H3/t7-,10-,12-,14-,15?/m1/s1. The first kappa shape index (κ1) is 18.2. The van der Waals surface area contributed by atoms with E-state index in [0.29, 0.717) is 11.5 Å². The molecule has 0 aliphatic carbocycles. The Morgan fingerprint density at radius 2 is 2.23 bits per heavy atom. The maximum absolute atomic E-state index is 10.5. The minimum absolute atomic E-state index is 0.140. The molecule has 9 nitrogen and oxygen atoms in total. The number of nitrogens with two attached hydrogens (primary N) is 1. The molecule has 140 valence electrons. The summed E-state index contributed by atoms with van der Waals surface area (Å²) in [6.07, 6.45) is -2.00. The maximum Gasteiger partial charge on any atom is 0.191 e. The Kier molecular flexibility index (Phi) is 4.30. The smallest absolute Gasteiger partial charge is 0.191 e. The molecular weight excluding hydrogens is 426 g/mol. The molecule has 4 rings (SSSR count). The summed E-state index contributed by atoms with van der Waals surface area (Å²) in [5.74, 6) is 0.430. The van der Waals surface area contributed by atoms with E-state index >= 15 is 0 Å². The maximum atomic E-state index is 10.5. The van der Waals surface area contributed by atoms with E-state index in [1.165, 1.54) is 17.7 Å². The number of aliphatic imine (C=N–C) groups is 3. The largest absolute Gasteiger partial charge is 0.394 e. The molecule has 11 heteroatoms. The van der Waals surface area contributed by atoms with E-state index in [1.807, 2.05) is 12.1 Å². The molecule has 5 N–H and O–H groups in total. The highest BCUT2D eigenvalue weighted by Gasteiger charge is 2.58. The van der Waals surface area contributed by atoms with Crippen molar-refractivity contribution in [1.82, 2.24) is 4.90 Å². The van der Waals surface area contributed by atoms with Crippen molar-refractivity contribution in [2.24, 2.45) is 20.7 Å². The minimum Gasteiger partial charge on any atom is -0.394 e. The highest BCUT2D eigenvalue weighted by molar-refractivity contribution is 9.11. The van der Waals surface area contributed by atoms with Gasteiger partial charge in [-0.1, -0.05) is 0 Å². The lowest BCUT2D eigenvalue weighted by Gasteiger charge is -2.39. The molecule has 0 spiro atoms. The second-order valence-corrected chi connectivity index (χ2v) is 8.94. The fourth-order valence-corrected chi connectivity index (χ4v) is 4.89. The van der Waals surface area contributed by atoms with E-state index in [1.54, 1.807) is 11.8 Å². The number of thiophene rings is 1. The Balaban J connectivity index is 1.69. The predicted molar refractivity (Wildman–Crippen MR) is 100 cm³/mol. The van der Waals surface area contributed by atoms with Gasteiger partial charge >= 0.3 is 0 Å². The van der Waals surface area contributed by atoms with Gasteiger partial charge in [-0.15, -0.1) is 11.3 Å². The summed E-state index contributed by atoms with van der Waals surface area (Å²) in [7, 11) is 0. The van der Waals surface area contributed by atoms with Crippen LogP contribution in [-0.4, -0.2) is 75.4 Å². The van der Waals surface area contributed by atoms with E-state index < -0.39 is 36.3 Å². The monoisotopic (exact) mass is 443 g/mol. The fourth-order valence-electron chi connectivity index (χ4n) is 3.45. The van der Waals surface area contributed by atoms with E-state index in [0.717, 1.165) is 8.66 Å². The van der Waals surface area contributed by atoms with Crippen LogP contribution in [0.25, 0.3) is 0 Å². The third kappa shape index (κ3) is 2.43. The zero-order valence-electron chi connectivity index (χ0n) is 13.8. The number of hydrogen-bond donors (Lipinski definition) is 4. The minimum atomic E-state index is -1.31. The number of halogens is 1. The van der Waals surface area contributed by atoms with Gasteiger partial charge in [-0.3, -0.25) is 10.7 Å². The molecule has 1 saturated heterocycles. The van der Waals surface area contributed by atoms with Crippen LogP contribution in [0.3, 0.4) is 0 Å². The Bertz CT molecular complexity index is 829. The van der Waals surface area contributed by atoms with Crippen LogP contribution in [0.4, 0.5) is 0 Å². The van der Waals surface area contributed by atoms with Crippen molar-refractivity contribution in [2.75, 3.05) is 13.3 Å². The average molecular weight is 444 g/mol. The molecule has 26 heavy (non-hydrogen) atoms. The Morgan fingerprint density at radius 1 is 1.46 bits per heavy atom. The van der Waals surface area contributed by atoms with Crippen LogP contribution in [0.5, 0.6) is 0 Å². The SMILES string of the molecule is C[C@@]1(N2CN=C3C2=NC=NC3(N)c2ccc(Br)s2)O[C@H](CO)[C@@H](O)[C@H]1O. The van der Waals surface area contributed by atoms with Crippen molar-refractivity contribution in [1.29, 1.82) is 0 Å². The van der Waals surface area contributed by atoms with Crippen molar-refractivity contribution in [3.05, 3.63) is 20.8 Å². The first-order valence-corrected chi connectivity index (χ1v) is 9.56. The average Bonchev–Trinajstić information content (AvgIpc) is 3.30. The van der Waals surface area contributed by atoms with Crippen molar-refractivity contribution >= 4 is 45.2 Å². The van der Waals surface area contributed by atoms with Gasteiger partial charge in [-0.05, 0) is 35.0 Å². The fraction of sp³-hybridized carbons (Fsp3) is 0.533. The number of hydrogen-bond acceptors (Lipinski definition) is 10. The highest BCUT2D eigenvalue weighted by Crippen LogP contribution is 2.40. The molecule has 0 amide bonds. The topological polar surface area (TPSA) is 136 Å². The van der Waals surface area contributed by atoms with E-state index in [4.69, 9.17) is 10.5 Å². The van der Waals surface area contributed by atoms with Gasteiger partial charge in [0.05, 0.1) is 15.3 Å². The summed E-state index contributed by atoms with van der Waals surface area (Å²) in [5.41, 5.74) is 4.54. The number of nitrogens with zero attached hydrogens (tertiary/aromatic N) is 4. The molecule has 3 aliphatic rings.